The Bertz CT molecular complexity index is 416. The number of esters is 1. The minimum Gasteiger partial charge on any atom is -0.467 e. The number of hydrogen-bond acceptors (Lipinski definition) is 5. The molecule has 1 aromatic heterocycles. The standard InChI is InChI=1S/C15H22N2O3/c1-20-15(19)14(18)13-5-10-17(11-6-13)9-4-12-2-7-16-8-3-12/h2-3,7-8,13-14,18H,4-6,9-11H2,1H3/t14-/m0/s1. The fraction of sp³-hybridized carbons (Fsp3) is 0.600. The number of likely N-dealkylation sites (tertiary alicyclic amines) is 1. The molecular weight excluding hydrogens is 256 g/mol. The molecule has 0 unspecified atom stereocenters. The van der Waals surface area contributed by atoms with Gasteiger partial charge in [-0.3, -0.25) is 4.98 Å². The first-order chi connectivity index (χ1) is 9.70. The first-order valence-electron chi connectivity index (χ1n) is 7.08. The molecule has 1 fully saturated rings. The van der Waals surface area contributed by atoms with Crippen molar-refractivity contribution in [1.29, 1.82) is 0 Å². The molecule has 5 nitrogen and oxygen atoms in total. The lowest BCUT2D eigenvalue weighted by molar-refractivity contribution is -0.154. The van der Waals surface area contributed by atoms with Crippen LogP contribution in [0, 0.1) is 5.92 Å². The van der Waals surface area contributed by atoms with Crippen molar-refractivity contribution in [2.75, 3.05) is 26.7 Å². The molecule has 0 saturated carbocycles. The molecule has 0 bridgehead atoms. The van der Waals surface area contributed by atoms with Crippen LogP contribution in [-0.4, -0.2) is 53.8 Å². The van der Waals surface area contributed by atoms with Crippen LogP contribution in [0.1, 0.15) is 18.4 Å². The second kappa shape index (κ2) is 7.36. The van der Waals surface area contributed by atoms with Gasteiger partial charge in [-0.2, -0.15) is 0 Å². The summed E-state index contributed by atoms with van der Waals surface area (Å²) in [5, 5.41) is 9.84. The lowest BCUT2D eigenvalue weighted by Crippen LogP contribution is -2.41. The molecule has 110 valence electrons. The molecule has 5 heteroatoms. The van der Waals surface area contributed by atoms with E-state index in [0.29, 0.717) is 0 Å². The summed E-state index contributed by atoms with van der Waals surface area (Å²) in [6.07, 6.45) is 5.34. The van der Waals surface area contributed by atoms with Gasteiger partial charge in [0.1, 0.15) is 0 Å². The minimum atomic E-state index is -0.970. The van der Waals surface area contributed by atoms with Gasteiger partial charge in [-0.05, 0) is 56.0 Å². The summed E-state index contributed by atoms with van der Waals surface area (Å²) in [6.45, 7) is 2.85. The second-order valence-corrected chi connectivity index (χ2v) is 5.25. The van der Waals surface area contributed by atoms with Crippen LogP contribution in [0.15, 0.2) is 24.5 Å². The first kappa shape index (κ1) is 14.9. The quantitative estimate of drug-likeness (QED) is 0.810. The number of piperidine rings is 1. The molecule has 0 aliphatic carbocycles. The number of ether oxygens (including phenoxy) is 1. The Kier molecular flexibility index (Phi) is 5.49. The number of nitrogens with zero attached hydrogens (tertiary/aromatic N) is 2. The van der Waals surface area contributed by atoms with Gasteiger partial charge in [0.2, 0.25) is 0 Å². The molecule has 1 aliphatic heterocycles. The SMILES string of the molecule is COC(=O)[C@@H](O)C1CCN(CCc2ccncc2)CC1. The topological polar surface area (TPSA) is 62.7 Å². The number of aromatic nitrogens is 1. The van der Waals surface area contributed by atoms with Gasteiger partial charge >= 0.3 is 5.97 Å². The van der Waals surface area contributed by atoms with E-state index in [1.54, 1.807) is 0 Å². The van der Waals surface area contributed by atoms with Gasteiger partial charge in [-0.15, -0.1) is 0 Å². The van der Waals surface area contributed by atoms with E-state index in [1.165, 1.54) is 12.7 Å². The Hall–Kier alpha value is -1.46. The zero-order valence-electron chi connectivity index (χ0n) is 11.9. The van der Waals surface area contributed by atoms with E-state index in [1.807, 2.05) is 24.5 Å². The summed E-state index contributed by atoms with van der Waals surface area (Å²) in [7, 11) is 1.31. The number of carbonyl (C=O) groups is 1. The lowest BCUT2D eigenvalue weighted by atomic mass is 9.91. The van der Waals surface area contributed by atoms with Crippen LogP contribution >= 0.6 is 0 Å². The van der Waals surface area contributed by atoms with Crippen molar-refractivity contribution in [3.63, 3.8) is 0 Å². The molecule has 1 saturated heterocycles. The van der Waals surface area contributed by atoms with Crippen molar-refractivity contribution in [3.8, 4) is 0 Å². The van der Waals surface area contributed by atoms with E-state index < -0.39 is 12.1 Å². The summed E-state index contributed by atoms with van der Waals surface area (Å²) in [5.41, 5.74) is 1.29. The molecule has 0 amide bonds. The third-order valence-corrected chi connectivity index (χ3v) is 3.99. The van der Waals surface area contributed by atoms with E-state index in [9.17, 15) is 9.90 Å². The Morgan fingerprint density at radius 3 is 2.70 bits per heavy atom. The van der Waals surface area contributed by atoms with Crippen LogP contribution in [0.5, 0.6) is 0 Å². The van der Waals surface area contributed by atoms with E-state index in [0.717, 1.165) is 38.9 Å². The number of rotatable bonds is 5. The zero-order chi connectivity index (χ0) is 14.4. The van der Waals surface area contributed by atoms with Gasteiger partial charge < -0.3 is 14.7 Å². The Balaban J connectivity index is 1.73. The van der Waals surface area contributed by atoms with E-state index in [2.05, 4.69) is 14.6 Å². The average Bonchev–Trinajstić information content (AvgIpc) is 2.53. The molecular formula is C15H22N2O3. The molecule has 1 aromatic rings. The van der Waals surface area contributed by atoms with Crippen LogP contribution in [0.3, 0.4) is 0 Å². The van der Waals surface area contributed by atoms with Crippen LogP contribution in [-0.2, 0) is 16.0 Å². The van der Waals surface area contributed by atoms with Crippen LogP contribution in [0.25, 0.3) is 0 Å². The minimum absolute atomic E-state index is 0.0274. The summed E-state index contributed by atoms with van der Waals surface area (Å²) in [5.74, 6) is -0.486. The predicted octanol–water partition coefficient (Wildman–Crippen LogP) is 0.870. The maximum Gasteiger partial charge on any atom is 0.334 e. The number of hydrogen-bond donors (Lipinski definition) is 1. The van der Waals surface area contributed by atoms with Gasteiger partial charge in [-0.25, -0.2) is 4.79 Å². The Morgan fingerprint density at radius 2 is 2.10 bits per heavy atom. The maximum atomic E-state index is 11.3. The number of aliphatic hydroxyl groups is 1. The fourth-order valence-corrected chi connectivity index (χ4v) is 2.64. The highest BCUT2D eigenvalue weighted by Gasteiger charge is 2.30. The fourth-order valence-electron chi connectivity index (χ4n) is 2.64. The third-order valence-electron chi connectivity index (χ3n) is 3.99. The molecule has 1 atom stereocenters. The molecule has 1 N–H and O–H groups in total. The van der Waals surface area contributed by atoms with Crippen molar-refractivity contribution >= 4 is 5.97 Å². The van der Waals surface area contributed by atoms with Crippen molar-refractivity contribution in [3.05, 3.63) is 30.1 Å². The van der Waals surface area contributed by atoms with Crippen LogP contribution < -0.4 is 0 Å². The largest absolute Gasteiger partial charge is 0.467 e. The Morgan fingerprint density at radius 1 is 1.45 bits per heavy atom. The number of methoxy groups -OCH3 is 1. The van der Waals surface area contributed by atoms with Crippen LogP contribution in [0.2, 0.25) is 0 Å². The molecule has 20 heavy (non-hydrogen) atoms. The van der Waals surface area contributed by atoms with Gasteiger partial charge in [0.25, 0.3) is 0 Å². The third kappa shape index (κ3) is 4.02. The van der Waals surface area contributed by atoms with Gasteiger partial charge in [-0.1, -0.05) is 0 Å². The van der Waals surface area contributed by atoms with E-state index >= 15 is 0 Å². The van der Waals surface area contributed by atoms with Gasteiger partial charge in [0, 0.05) is 18.9 Å². The predicted molar refractivity (Wildman–Crippen MR) is 75.1 cm³/mol. The molecule has 0 aromatic carbocycles. The average molecular weight is 278 g/mol. The van der Waals surface area contributed by atoms with Crippen molar-refractivity contribution in [2.45, 2.75) is 25.4 Å². The summed E-state index contributed by atoms with van der Waals surface area (Å²) in [6, 6.07) is 4.07. The maximum absolute atomic E-state index is 11.3. The lowest BCUT2D eigenvalue weighted by Gasteiger charge is -2.33. The molecule has 1 aliphatic rings. The normalized spacial score (nSPS) is 18.7. The van der Waals surface area contributed by atoms with Gasteiger partial charge in [0.05, 0.1) is 7.11 Å². The smallest absolute Gasteiger partial charge is 0.334 e. The molecule has 0 radical (unpaired) electrons. The molecule has 2 rings (SSSR count). The van der Waals surface area contributed by atoms with Crippen LogP contribution in [0.4, 0.5) is 0 Å². The molecule has 2 heterocycles. The van der Waals surface area contributed by atoms with E-state index in [4.69, 9.17) is 0 Å². The van der Waals surface area contributed by atoms with Crippen molar-refractivity contribution < 1.29 is 14.6 Å². The molecule has 0 spiro atoms. The van der Waals surface area contributed by atoms with Crippen molar-refractivity contribution in [2.24, 2.45) is 5.92 Å². The van der Waals surface area contributed by atoms with Crippen molar-refractivity contribution in [1.82, 2.24) is 9.88 Å². The van der Waals surface area contributed by atoms with Gasteiger partial charge in [0.15, 0.2) is 6.10 Å². The highest BCUT2D eigenvalue weighted by Crippen LogP contribution is 2.21. The summed E-state index contributed by atoms with van der Waals surface area (Å²) >= 11 is 0. The highest BCUT2D eigenvalue weighted by molar-refractivity contribution is 5.74. The zero-order valence-corrected chi connectivity index (χ0v) is 11.9. The summed E-state index contributed by atoms with van der Waals surface area (Å²) < 4.78 is 4.59. The second-order valence-electron chi connectivity index (χ2n) is 5.25. The first-order valence-corrected chi connectivity index (χ1v) is 7.08. The van der Waals surface area contributed by atoms with E-state index in [-0.39, 0.29) is 5.92 Å². The number of carbonyl (C=O) groups excluding carboxylic acids is 1. The monoisotopic (exact) mass is 278 g/mol. The number of pyridine rings is 1. The summed E-state index contributed by atoms with van der Waals surface area (Å²) in [4.78, 5) is 17.7. The number of aliphatic hydroxyl groups excluding tert-OH is 1. The highest BCUT2D eigenvalue weighted by atomic mass is 16.5. The Labute approximate surface area is 119 Å².